The molecule has 3 N–H and O–H groups in total. The molecule has 1 aliphatic heterocycles. The van der Waals surface area contributed by atoms with Gasteiger partial charge in [-0.2, -0.15) is 0 Å². The van der Waals surface area contributed by atoms with Crippen LogP contribution in [0.3, 0.4) is 0 Å². The normalized spacial score (nSPS) is 21.7. The first-order chi connectivity index (χ1) is 7.96. The Morgan fingerprint density at radius 3 is 2.06 bits per heavy atom. The lowest BCUT2D eigenvalue weighted by molar-refractivity contribution is 0.241. The standard InChI is InChI=1S/C9H19N3O4S2/c1-9(8(10)11)3-5-12(6-4-9)18(15,16)7-17(2,13)14/h3-7H2,1-2H3,(H3,10,11). The molecule has 0 amide bonds. The van der Waals surface area contributed by atoms with E-state index in [1.807, 2.05) is 6.92 Å². The van der Waals surface area contributed by atoms with Gasteiger partial charge in [0.25, 0.3) is 0 Å². The highest BCUT2D eigenvalue weighted by Gasteiger charge is 2.37. The molecule has 0 aliphatic carbocycles. The molecule has 0 atom stereocenters. The summed E-state index contributed by atoms with van der Waals surface area (Å²) >= 11 is 0. The van der Waals surface area contributed by atoms with Gasteiger partial charge in [0.15, 0.2) is 14.9 Å². The fourth-order valence-corrected chi connectivity index (χ4v) is 5.37. The van der Waals surface area contributed by atoms with Crippen molar-refractivity contribution in [2.75, 3.05) is 24.4 Å². The predicted molar refractivity (Wildman–Crippen MR) is 69.5 cm³/mol. The molecule has 0 aromatic carbocycles. The van der Waals surface area contributed by atoms with E-state index in [9.17, 15) is 16.8 Å². The zero-order valence-electron chi connectivity index (χ0n) is 10.5. The minimum atomic E-state index is -3.78. The van der Waals surface area contributed by atoms with E-state index in [1.165, 1.54) is 4.31 Å². The van der Waals surface area contributed by atoms with Crippen molar-refractivity contribution < 1.29 is 16.8 Å². The molecule has 1 rings (SSSR count). The Kier molecular flexibility index (Phi) is 4.09. The fourth-order valence-electron chi connectivity index (χ4n) is 1.87. The average Bonchev–Trinajstić information content (AvgIpc) is 2.14. The number of sulfone groups is 1. The summed E-state index contributed by atoms with van der Waals surface area (Å²) in [7, 11) is -7.36. The van der Waals surface area contributed by atoms with Gasteiger partial charge in [-0.05, 0) is 12.8 Å². The quantitative estimate of drug-likeness (QED) is 0.528. The number of sulfonamides is 1. The third-order valence-corrected chi connectivity index (χ3v) is 7.29. The van der Waals surface area contributed by atoms with Crippen LogP contribution in [0.25, 0.3) is 0 Å². The van der Waals surface area contributed by atoms with Crippen LogP contribution >= 0.6 is 0 Å². The summed E-state index contributed by atoms with van der Waals surface area (Å²) in [6, 6.07) is 0. The number of piperidine rings is 1. The van der Waals surface area contributed by atoms with Crippen LogP contribution in [0, 0.1) is 10.8 Å². The largest absolute Gasteiger partial charge is 0.387 e. The molecule has 0 saturated carbocycles. The summed E-state index contributed by atoms with van der Waals surface area (Å²) in [5.74, 6) is 0.0441. The molecule has 1 heterocycles. The summed E-state index contributed by atoms with van der Waals surface area (Å²) in [5, 5.41) is 6.60. The Balaban J connectivity index is 2.78. The van der Waals surface area contributed by atoms with Crippen molar-refractivity contribution in [3.05, 3.63) is 0 Å². The van der Waals surface area contributed by atoms with Gasteiger partial charge in [-0.15, -0.1) is 0 Å². The maximum Gasteiger partial charge on any atom is 0.228 e. The number of nitrogens with zero attached hydrogens (tertiary/aromatic N) is 1. The second kappa shape index (κ2) is 4.78. The van der Waals surface area contributed by atoms with Crippen molar-refractivity contribution in [1.82, 2.24) is 4.31 Å². The number of nitrogens with one attached hydrogen (secondary N) is 1. The van der Waals surface area contributed by atoms with Crippen LogP contribution in [0.1, 0.15) is 19.8 Å². The van der Waals surface area contributed by atoms with Gasteiger partial charge in [-0.3, -0.25) is 5.41 Å². The van der Waals surface area contributed by atoms with E-state index >= 15 is 0 Å². The van der Waals surface area contributed by atoms with E-state index in [4.69, 9.17) is 11.1 Å². The molecule has 106 valence electrons. The van der Waals surface area contributed by atoms with Gasteiger partial charge in [-0.25, -0.2) is 21.1 Å². The summed E-state index contributed by atoms with van der Waals surface area (Å²) in [4.78, 5) is 0. The van der Waals surface area contributed by atoms with Crippen molar-refractivity contribution >= 4 is 25.7 Å². The van der Waals surface area contributed by atoms with Gasteiger partial charge in [0.1, 0.15) is 0 Å². The predicted octanol–water partition coefficient (Wildman–Crippen LogP) is -0.644. The molecule has 1 saturated heterocycles. The van der Waals surface area contributed by atoms with Crippen LogP contribution in [0.5, 0.6) is 0 Å². The van der Waals surface area contributed by atoms with Crippen LogP contribution in [-0.2, 0) is 19.9 Å². The molecule has 1 aliphatic rings. The fraction of sp³-hybridized carbons (Fsp3) is 0.889. The van der Waals surface area contributed by atoms with E-state index in [2.05, 4.69) is 0 Å². The topological polar surface area (TPSA) is 121 Å². The molecule has 18 heavy (non-hydrogen) atoms. The Bertz CT molecular complexity index is 530. The summed E-state index contributed by atoms with van der Waals surface area (Å²) in [6.45, 7) is 2.22. The van der Waals surface area contributed by atoms with Gasteiger partial charge in [0.2, 0.25) is 10.0 Å². The van der Waals surface area contributed by atoms with Gasteiger partial charge < -0.3 is 5.73 Å². The van der Waals surface area contributed by atoms with Crippen molar-refractivity contribution in [2.45, 2.75) is 19.8 Å². The monoisotopic (exact) mass is 297 g/mol. The Morgan fingerprint density at radius 1 is 1.28 bits per heavy atom. The minimum Gasteiger partial charge on any atom is -0.387 e. The van der Waals surface area contributed by atoms with E-state index < -0.39 is 30.4 Å². The van der Waals surface area contributed by atoms with E-state index in [0.717, 1.165) is 6.26 Å². The van der Waals surface area contributed by atoms with Gasteiger partial charge in [-0.1, -0.05) is 6.92 Å². The molecule has 0 bridgehead atoms. The SMILES string of the molecule is CC1(C(=N)N)CCN(S(=O)(=O)CS(C)(=O)=O)CC1. The Morgan fingerprint density at radius 2 is 1.72 bits per heavy atom. The summed E-state index contributed by atoms with van der Waals surface area (Å²) in [5.41, 5.74) is 4.99. The zero-order valence-corrected chi connectivity index (χ0v) is 12.1. The zero-order chi connectivity index (χ0) is 14.2. The minimum absolute atomic E-state index is 0.0441. The third-order valence-electron chi connectivity index (χ3n) is 3.23. The first-order valence-electron chi connectivity index (χ1n) is 5.46. The number of hydrogen-bond acceptors (Lipinski definition) is 5. The molecule has 0 spiro atoms. The lowest BCUT2D eigenvalue weighted by atomic mass is 9.80. The first kappa shape index (κ1) is 15.4. The number of nitrogens with two attached hydrogens (primary N) is 1. The number of rotatable bonds is 4. The second-order valence-electron chi connectivity index (χ2n) is 5.03. The molecule has 1 fully saturated rings. The van der Waals surface area contributed by atoms with E-state index in [1.54, 1.807) is 0 Å². The van der Waals surface area contributed by atoms with Crippen molar-refractivity contribution in [3.63, 3.8) is 0 Å². The third kappa shape index (κ3) is 3.66. The van der Waals surface area contributed by atoms with Crippen LogP contribution in [0.4, 0.5) is 0 Å². The number of hydrogen-bond donors (Lipinski definition) is 2. The maximum absolute atomic E-state index is 11.8. The van der Waals surface area contributed by atoms with Gasteiger partial charge in [0, 0.05) is 24.8 Å². The smallest absolute Gasteiger partial charge is 0.228 e. The molecule has 0 aromatic heterocycles. The second-order valence-corrected chi connectivity index (χ2v) is 9.50. The van der Waals surface area contributed by atoms with Crippen molar-refractivity contribution in [3.8, 4) is 0 Å². The van der Waals surface area contributed by atoms with Crippen LogP contribution in [0.2, 0.25) is 0 Å². The molecule has 0 radical (unpaired) electrons. The van der Waals surface area contributed by atoms with Gasteiger partial charge in [0.05, 0.1) is 5.84 Å². The molecule has 9 heteroatoms. The molecule has 7 nitrogen and oxygen atoms in total. The Labute approximate surface area is 108 Å². The number of amidine groups is 1. The van der Waals surface area contributed by atoms with E-state index in [-0.39, 0.29) is 18.9 Å². The van der Waals surface area contributed by atoms with E-state index in [0.29, 0.717) is 12.8 Å². The summed E-state index contributed by atoms with van der Waals surface area (Å²) in [6.07, 6.45) is 1.77. The summed E-state index contributed by atoms with van der Waals surface area (Å²) < 4.78 is 47.0. The van der Waals surface area contributed by atoms with Crippen LogP contribution < -0.4 is 5.73 Å². The van der Waals surface area contributed by atoms with Crippen molar-refractivity contribution in [2.24, 2.45) is 11.1 Å². The Hall–Kier alpha value is -0.670. The van der Waals surface area contributed by atoms with Crippen LogP contribution in [-0.4, -0.2) is 51.4 Å². The highest BCUT2D eigenvalue weighted by molar-refractivity contribution is 8.06. The van der Waals surface area contributed by atoms with Crippen LogP contribution in [0.15, 0.2) is 0 Å². The van der Waals surface area contributed by atoms with Gasteiger partial charge >= 0.3 is 0 Å². The maximum atomic E-state index is 11.8. The molecular weight excluding hydrogens is 278 g/mol. The molecular formula is C9H19N3O4S2. The lowest BCUT2D eigenvalue weighted by Crippen LogP contribution is -2.48. The highest BCUT2D eigenvalue weighted by atomic mass is 32.3. The van der Waals surface area contributed by atoms with Crippen molar-refractivity contribution in [1.29, 1.82) is 5.41 Å². The first-order valence-corrected chi connectivity index (χ1v) is 9.13. The highest BCUT2D eigenvalue weighted by Crippen LogP contribution is 2.31. The lowest BCUT2D eigenvalue weighted by Gasteiger charge is -2.37. The molecule has 0 aromatic rings. The molecule has 0 unspecified atom stereocenters. The average molecular weight is 297 g/mol.